The summed E-state index contributed by atoms with van der Waals surface area (Å²) in [5.41, 5.74) is 10.9. The van der Waals surface area contributed by atoms with E-state index in [0.717, 1.165) is 78.7 Å². The Morgan fingerprint density at radius 3 is 2.39 bits per heavy atom. The van der Waals surface area contributed by atoms with Gasteiger partial charge in [-0.15, -0.1) is 0 Å². The maximum absolute atomic E-state index is 14.7. The summed E-state index contributed by atoms with van der Waals surface area (Å²) in [7, 11) is 0. The van der Waals surface area contributed by atoms with Crippen LogP contribution in [0.25, 0.3) is 27.9 Å². The van der Waals surface area contributed by atoms with Gasteiger partial charge in [0.15, 0.2) is 0 Å². The summed E-state index contributed by atoms with van der Waals surface area (Å²) in [4.78, 5) is 9.60. The number of piperazine rings is 1. The number of pyridine rings is 1. The Hall–Kier alpha value is -3.31. The number of nitrogens with two attached hydrogens (primary N) is 1. The van der Waals surface area contributed by atoms with E-state index in [0.29, 0.717) is 16.6 Å². The molecule has 1 saturated carbocycles. The second kappa shape index (κ2) is 12.5. The van der Waals surface area contributed by atoms with Crippen LogP contribution in [0.1, 0.15) is 56.1 Å². The van der Waals surface area contributed by atoms with Gasteiger partial charge in [-0.05, 0) is 67.1 Å². The van der Waals surface area contributed by atoms with Crippen LogP contribution in [0, 0.1) is 5.82 Å². The lowest BCUT2D eigenvalue weighted by molar-refractivity contribution is 0.209. The zero-order valence-corrected chi connectivity index (χ0v) is 23.1. The van der Waals surface area contributed by atoms with E-state index >= 15 is 0 Å². The van der Waals surface area contributed by atoms with E-state index in [1.807, 2.05) is 24.3 Å². The summed E-state index contributed by atoms with van der Waals surface area (Å²) in [6, 6.07) is 13.4. The molecule has 6 heteroatoms. The lowest BCUT2D eigenvalue weighted by atomic mass is 10.0. The maximum atomic E-state index is 14.7. The Balaban J connectivity index is 0.00000107. The van der Waals surface area contributed by atoms with E-state index in [9.17, 15) is 4.39 Å². The third kappa shape index (κ3) is 6.39. The van der Waals surface area contributed by atoms with E-state index in [2.05, 4.69) is 54.3 Å². The first-order valence-electron chi connectivity index (χ1n) is 13.5. The average molecular weight is 533 g/mol. The highest BCUT2D eigenvalue weighted by Gasteiger charge is 2.26. The summed E-state index contributed by atoms with van der Waals surface area (Å²) >= 11 is 6.63. The summed E-state index contributed by atoms with van der Waals surface area (Å²) in [5, 5.41) is 1.51. The first-order valence-corrected chi connectivity index (χ1v) is 13.8. The highest BCUT2D eigenvalue weighted by atomic mass is 35.5. The number of hydrogen-bond donors (Lipinski definition) is 1. The van der Waals surface area contributed by atoms with Gasteiger partial charge >= 0.3 is 0 Å². The van der Waals surface area contributed by atoms with Crippen molar-refractivity contribution in [1.82, 2.24) is 14.8 Å². The van der Waals surface area contributed by atoms with Crippen molar-refractivity contribution < 1.29 is 4.39 Å². The fraction of sp³-hybridized carbons (Fsp3) is 0.344. The van der Waals surface area contributed by atoms with Crippen LogP contribution in [0.15, 0.2) is 74.1 Å². The molecule has 0 radical (unpaired) electrons. The van der Waals surface area contributed by atoms with Gasteiger partial charge in [0.2, 0.25) is 0 Å². The number of unbranched alkanes of at least 4 members (excludes halogenated alkanes) is 1. The first kappa shape index (κ1) is 27.7. The van der Waals surface area contributed by atoms with Crippen LogP contribution in [0.2, 0.25) is 5.02 Å². The molecule has 1 aromatic heterocycles. The SMILES string of the molecule is C=C(CCCC)N1CCN(C(=C)c2ccc3c(Cl)cc(-c4ccc(C5CC5)c(F)c4)nc3c2)CC1.C=CN. The Bertz CT molecular complexity index is 1320. The van der Waals surface area contributed by atoms with Gasteiger partial charge in [-0.2, -0.15) is 0 Å². The normalized spacial score (nSPS) is 15.1. The van der Waals surface area contributed by atoms with Crippen molar-refractivity contribution in [2.75, 3.05) is 26.2 Å². The number of fused-ring (bicyclic) bond motifs is 1. The summed E-state index contributed by atoms with van der Waals surface area (Å²) in [6.45, 7) is 17.8. The molecule has 3 aromatic rings. The monoisotopic (exact) mass is 532 g/mol. The van der Waals surface area contributed by atoms with Gasteiger partial charge in [-0.25, -0.2) is 9.37 Å². The minimum Gasteiger partial charge on any atom is -0.405 e. The van der Waals surface area contributed by atoms with Gasteiger partial charge in [-0.3, -0.25) is 0 Å². The molecule has 1 aliphatic heterocycles. The third-order valence-corrected chi connectivity index (χ3v) is 7.65. The topological polar surface area (TPSA) is 45.4 Å². The van der Waals surface area contributed by atoms with Crippen molar-refractivity contribution in [1.29, 1.82) is 0 Å². The number of allylic oxidation sites excluding steroid dienone is 1. The van der Waals surface area contributed by atoms with Crippen LogP contribution in [0.4, 0.5) is 4.39 Å². The zero-order valence-electron chi connectivity index (χ0n) is 22.4. The quantitative estimate of drug-likeness (QED) is 0.319. The predicted molar refractivity (Wildman–Crippen MR) is 159 cm³/mol. The van der Waals surface area contributed by atoms with E-state index in [-0.39, 0.29) is 5.82 Å². The number of halogens is 2. The lowest BCUT2D eigenvalue weighted by Crippen LogP contribution is -2.44. The molecule has 38 heavy (non-hydrogen) atoms. The molecule has 200 valence electrons. The van der Waals surface area contributed by atoms with Crippen molar-refractivity contribution in [2.45, 2.75) is 44.9 Å². The van der Waals surface area contributed by atoms with Gasteiger partial charge in [0.25, 0.3) is 0 Å². The fourth-order valence-corrected chi connectivity index (χ4v) is 5.20. The minimum absolute atomic E-state index is 0.151. The van der Waals surface area contributed by atoms with Crippen molar-refractivity contribution in [2.24, 2.45) is 5.73 Å². The van der Waals surface area contributed by atoms with Gasteiger partial charge in [-0.1, -0.05) is 68.9 Å². The molecule has 0 amide bonds. The highest BCUT2D eigenvalue weighted by molar-refractivity contribution is 6.35. The van der Waals surface area contributed by atoms with E-state index in [1.165, 1.54) is 24.7 Å². The Morgan fingerprint density at radius 2 is 1.76 bits per heavy atom. The Kier molecular flexibility index (Phi) is 9.11. The molecule has 0 spiro atoms. The molecule has 2 N–H and O–H groups in total. The van der Waals surface area contributed by atoms with Gasteiger partial charge in [0, 0.05) is 48.5 Å². The van der Waals surface area contributed by atoms with E-state index in [1.54, 1.807) is 6.07 Å². The second-order valence-electron chi connectivity index (χ2n) is 10.1. The van der Waals surface area contributed by atoms with Gasteiger partial charge < -0.3 is 15.5 Å². The van der Waals surface area contributed by atoms with Gasteiger partial charge in [0.1, 0.15) is 5.82 Å². The molecule has 2 fully saturated rings. The molecule has 2 aliphatic rings. The summed E-state index contributed by atoms with van der Waals surface area (Å²) < 4.78 is 14.7. The summed E-state index contributed by atoms with van der Waals surface area (Å²) in [5.74, 6) is 0.226. The number of hydrogen-bond acceptors (Lipinski definition) is 4. The van der Waals surface area contributed by atoms with Crippen LogP contribution in [0.5, 0.6) is 0 Å². The van der Waals surface area contributed by atoms with Crippen LogP contribution < -0.4 is 5.73 Å². The average Bonchev–Trinajstić information content (AvgIpc) is 3.77. The van der Waals surface area contributed by atoms with Crippen LogP contribution in [0.3, 0.4) is 0 Å². The Morgan fingerprint density at radius 1 is 1.08 bits per heavy atom. The number of benzene rings is 2. The smallest absolute Gasteiger partial charge is 0.127 e. The molecule has 1 saturated heterocycles. The van der Waals surface area contributed by atoms with Crippen molar-refractivity contribution in [3.8, 4) is 11.3 Å². The standard InChI is InChI=1S/C30H33ClFN3.C2H5N/c1-4-5-6-20(2)34-13-15-35(16-14-34)21(3)23-9-12-26-27(31)19-29(33-30(26)18-23)24-10-11-25(22-7-8-22)28(32)17-24;1-2-3/h9-12,17-19,22H,2-8,13-16H2,1H3;2H,1,3H2. The maximum Gasteiger partial charge on any atom is 0.127 e. The second-order valence-corrected chi connectivity index (χ2v) is 10.5. The molecule has 2 heterocycles. The highest BCUT2D eigenvalue weighted by Crippen LogP contribution is 2.42. The Labute approximate surface area is 231 Å². The van der Waals surface area contributed by atoms with Crippen molar-refractivity contribution >= 4 is 28.2 Å². The molecule has 4 nitrogen and oxygen atoms in total. The molecular weight excluding hydrogens is 495 g/mol. The number of nitrogens with zero attached hydrogens (tertiary/aromatic N) is 3. The van der Waals surface area contributed by atoms with E-state index in [4.69, 9.17) is 16.6 Å². The molecule has 1 aliphatic carbocycles. The predicted octanol–water partition coefficient (Wildman–Crippen LogP) is 7.95. The van der Waals surface area contributed by atoms with Crippen molar-refractivity contribution in [3.63, 3.8) is 0 Å². The van der Waals surface area contributed by atoms with Crippen LogP contribution in [-0.4, -0.2) is 41.0 Å². The van der Waals surface area contributed by atoms with Crippen LogP contribution >= 0.6 is 11.6 Å². The largest absolute Gasteiger partial charge is 0.405 e. The fourth-order valence-electron chi connectivity index (χ4n) is 4.94. The molecule has 5 rings (SSSR count). The molecule has 0 atom stereocenters. The number of rotatable bonds is 8. The molecular formula is C32H38ClFN4. The minimum atomic E-state index is -0.151. The number of aromatic nitrogens is 1. The molecule has 0 bridgehead atoms. The van der Waals surface area contributed by atoms with Crippen molar-refractivity contribution in [3.05, 3.63) is 96.1 Å². The first-order chi connectivity index (χ1) is 18.4. The van der Waals surface area contributed by atoms with Crippen LogP contribution in [-0.2, 0) is 0 Å². The van der Waals surface area contributed by atoms with E-state index < -0.39 is 0 Å². The zero-order chi connectivity index (χ0) is 27.2. The summed E-state index contributed by atoms with van der Waals surface area (Å²) in [6.07, 6.45) is 6.86. The van der Waals surface area contributed by atoms with Gasteiger partial charge in [0.05, 0.1) is 16.2 Å². The molecule has 0 unspecified atom stereocenters. The third-order valence-electron chi connectivity index (χ3n) is 7.33. The molecule has 2 aromatic carbocycles. The lowest BCUT2D eigenvalue weighted by Gasteiger charge is -2.39.